The van der Waals surface area contributed by atoms with Crippen LogP contribution in [0.25, 0.3) is 33.4 Å². The predicted octanol–water partition coefficient (Wildman–Crippen LogP) is 2.91. The summed E-state index contributed by atoms with van der Waals surface area (Å²) >= 11 is 0. The Hall–Kier alpha value is -3.33. The molecule has 1 unspecified atom stereocenters. The number of halogens is 1. The van der Waals surface area contributed by atoms with Gasteiger partial charge in [0.25, 0.3) is 0 Å². The zero-order valence-electron chi connectivity index (χ0n) is 16.8. The van der Waals surface area contributed by atoms with Crippen molar-refractivity contribution in [3.05, 3.63) is 42.7 Å². The van der Waals surface area contributed by atoms with Crippen LogP contribution in [0.2, 0.25) is 0 Å². The van der Waals surface area contributed by atoms with Crippen LogP contribution in [0.3, 0.4) is 0 Å². The van der Waals surface area contributed by atoms with Gasteiger partial charge in [0.2, 0.25) is 0 Å². The standard InChI is InChI=1S/C21H22FN7O/c1-21(30)4-3-5-29(11-21)19-8-18(23-12-24-19)20-15-6-14(13-9-25-28(2)10-13)16(22)7-17(15)26-27-20/h6-10,12,30H,3-5,11H2,1-2H3,(H,26,27). The van der Waals surface area contributed by atoms with Crippen molar-refractivity contribution in [2.45, 2.75) is 25.4 Å². The Labute approximate surface area is 172 Å². The molecule has 30 heavy (non-hydrogen) atoms. The van der Waals surface area contributed by atoms with Gasteiger partial charge in [-0.25, -0.2) is 14.4 Å². The molecule has 1 aliphatic rings. The average Bonchev–Trinajstić information content (AvgIpc) is 3.32. The highest BCUT2D eigenvalue weighted by atomic mass is 19.1. The van der Waals surface area contributed by atoms with E-state index < -0.39 is 5.60 Å². The molecule has 154 valence electrons. The van der Waals surface area contributed by atoms with Crippen molar-refractivity contribution >= 4 is 16.7 Å². The molecule has 0 bridgehead atoms. The topological polar surface area (TPSA) is 95.7 Å². The minimum absolute atomic E-state index is 0.343. The summed E-state index contributed by atoms with van der Waals surface area (Å²) in [6.07, 6.45) is 6.57. The quantitative estimate of drug-likeness (QED) is 0.542. The maximum atomic E-state index is 14.7. The number of H-pyrrole nitrogens is 1. The first-order valence-electron chi connectivity index (χ1n) is 9.86. The summed E-state index contributed by atoms with van der Waals surface area (Å²) in [5, 5.41) is 22.6. The summed E-state index contributed by atoms with van der Waals surface area (Å²) in [4.78, 5) is 10.9. The molecule has 1 aromatic carbocycles. The van der Waals surface area contributed by atoms with Gasteiger partial charge in [-0.1, -0.05) is 0 Å². The summed E-state index contributed by atoms with van der Waals surface area (Å²) in [6.45, 7) is 3.18. The molecule has 9 heteroatoms. The number of hydrogen-bond donors (Lipinski definition) is 2. The molecule has 2 N–H and O–H groups in total. The number of anilines is 1. The van der Waals surface area contributed by atoms with Crippen LogP contribution in [0.4, 0.5) is 10.2 Å². The maximum absolute atomic E-state index is 14.7. The molecule has 0 spiro atoms. The van der Waals surface area contributed by atoms with Gasteiger partial charge in [-0.05, 0) is 25.8 Å². The van der Waals surface area contributed by atoms with Gasteiger partial charge in [0.1, 0.15) is 23.7 Å². The number of nitrogens with one attached hydrogen (secondary N) is 1. The van der Waals surface area contributed by atoms with Crippen LogP contribution in [0.15, 0.2) is 36.9 Å². The monoisotopic (exact) mass is 407 g/mol. The molecule has 4 aromatic rings. The van der Waals surface area contributed by atoms with E-state index in [4.69, 9.17) is 0 Å². The summed E-state index contributed by atoms with van der Waals surface area (Å²) in [6, 6.07) is 5.08. The lowest BCUT2D eigenvalue weighted by Crippen LogP contribution is -2.46. The fraction of sp³-hybridized carbons (Fsp3) is 0.333. The number of aryl methyl sites for hydroxylation is 1. The summed E-state index contributed by atoms with van der Waals surface area (Å²) in [5.41, 5.74) is 2.28. The number of aliphatic hydroxyl groups is 1. The van der Waals surface area contributed by atoms with Crippen molar-refractivity contribution in [3.8, 4) is 22.5 Å². The molecule has 1 aliphatic heterocycles. The fourth-order valence-electron chi connectivity index (χ4n) is 4.08. The molecule has 3 aromatic heterocycles. The number of fused-ring (bicyclic) bond motifs is 1. The fourth-order valence-corrected chi connectivity index (χ4v) is 4.08. The lowest BCUT2D eigenvalue weighted by Gasteiger charge is -2.37. The van der Waals surface area contributed by atoms with Crippen molar-refractivity contribution in [1.82, 2.24) is 29.9 Å². The third-order valence-electron chi connectivity index (χ3n) is 5.56. The lowest BCUT2D eigenvalue weighted by atomic mass is 9.95. The van der Waals surface area contributed by atoms with E-state index in [1.54, 1.807) is 30.2 Å². The van der Waals surface area contributed by atoms with Crippen LogP contribution in [0.5, 0.6) is 0 Å². The number of rotatable bonds is 3. The molecule has 0 amide bonds. The van der Waals surface area contributed by atoms with Crippen molar-refractivity contribution < 1.29 is 9.50 Å². The van der Waals surface area contributed by atoms with E-state index >= 15 is 0 Å². The van der Waals surface area contributed by atoms with E-state index in [1.807, 2.05) is 13.0 Å². The zero-order chi connectivity index (χ0) is 20.9. The highest BCUT2D eigenvalue weighted by Crippen LogP contribution is 2.33. The molecule has 0 radical (unpaired) electrons. The summed E-state index contributed by atoms with van der Waals surface area (Å²) in [5.74, 6) is 0.398. The van der Waals surface area contributed by atoms with Gasteiger partial charge < -0.3 is 10.0 Å². The van der Waals surface area contributed by atoms with Gasteiger partial charge in [0, 0.05) is 55.0 Å². The molecule has 0 aliphatic carbocycles. The minimum Gasteiger partial charge on any atom is -0.388 e. The zero-order valence-corrected chi connectivity index (χ0v) is 16.8. The molecular formula is C21H22FN7O. The highest BCUT2D eigenvalue weighted by Gasteiger charge is 2.29. The highest BCUT2D eigenvalue weighted by molar-refractivity contribution is 5.95. The Bertz CT molecular complexity index is 1230. The van der Waals surface area contributed by atoms with E-state index in [1.165, 1.54) is 12.4 Å². The van der Waals surface area contributed by atoms with E-state index in [0.717, 1.165) is 30.6 Å². The van der Waals surface area contributed by atoms with Gasteiger partial charge >= 0.3 is 0 Å². The predicted molar refractivity (Wildman–Crippen MR) is 111 cm³/mol. The summed E-state index contributed by atoms with van der Waals surface area (Å²) in [7, 11) is 1.80. The maximum Gasteiger partial charge on any atom is 0.133 e. The largest absolute Gasteiger partial charge is 0.388 e. The van der Waals surface area contributed by atoms with Crippen LogP contribution in [0.1, 0.15) is 19.8 Å². The van der Waals surface area contributed by atoms with E-state index in [9.17, 15) is 9.50 Å². The first kappa shape index (κ1) is 18.7. The number of aromatic amines is 1. The third-order valence-corrected chi connectivity index (χ3v) is 5.56. The van der Waals surface area contributed by atoms with Crippen molar-refractivity contribution in [2.75, 3.05) is 18.0 Å². The van der Waals surface area contributed by atoms with Crippen LogP contribution < -0.4 is 4.90 Å². The van der Waals surface area contributed by atoms with E-state index in [-0.39, 0.29) is 5.82 Å². The Morgan fingerprint density at radius 2 is 2.10 bits per heavy atom. The van der Waals surface area contributed by atoms with Crippen molar-refractivity contribution in [2.24, 2.45) is 7.05 Å². The first-order chi connectivity index (χ1) is 14.4. The average molecular weight is 407 g/mol. The van der Waals surface area contributed by atoms with Gasteiger partial charge in [-0.15, -0.1) is 0 Å². The van der Waals surface area contributed by atoms with E-state index in [0.29, 0.717) is 34.6 Å². The molecular weight excluding hydrogens is 385 g/mol. The normalized spacial score (nSPS) is 19.5. The van der Waals surface area contributed by atoms with Crippen LogP contribution in [-0.4, -0.2) is 53.7 Å². The first-order valence-corrected chi connectivity index (χ1v) is 9.86. The Morgan fingerprint density at radius 1 is 1.23 bits per heavy atom. The van der Waals surface area contributed by atoms with Gasteiger partial charge in [0.05, 0.1) is 23.0 Å². The molecule has 4 heterocycles. The number of piperidine rings is 1. The summed E-state index contributed by atoms with van der Waals surface area (Å²) < 4.78 is 16.3. The van der Waals surface area contributed by atoms with Crippen LogP contribution >= 0.6 is 0 Å². The lowest BCUT2D eigenvalue weighted by molar-refractivity contribution is 0.0447. The third kappa shape index (κ3) is 3.30. The van der Waals surface area contributed by atoms with Gasteiger partial charge in [0.15, 0.2) is 0 Å². The van der Waals surface area contributed by atoms with Crippen LogP contribution in [0, 0.1) is 5.82 Å². The molecule has 1 saturated heterocycles. The molecule has 1 atom stereocenters. The number of aromatic nitrogens is 6. The minimum atomic E-state index is -0.738. The number of benzene rings is 1. The Kier molecular flexibility index (Phi) is 4.28. The molecule has 5 rings (SSSR count). The SMILES string of the molecule is Cn1cc(-c2cc3c(-c4cc(N5CCCC(C)(O)C5)ncn4)n[nH]c3cc2F)cn1. The van der Waals surface area contributed by atoms with Crippen molar-refractivity contribution in [1.29, 1.82) is 0 Å². The van der Waals surface area contributed by atoms with Crippen molar-refractivity contribution in [3.63, 3.8) is 0 Å². The Balaban J connectivity index is 1.57. The second-order valence-electron chi connectivity index (χ2n) is 8.14. The molecule has 0 saturated carbocycles. The molecule has 1 fully saturated rings. The number of β-amino-alcohol motifs (C(OH)–C–C–N with tert-alkyl or cyclic N) is 1. The van der Waals surface area contributed by atoms with Crippen LogP contribution in [-0.2, 0) is 7.05 Å². The smallest absolute Gasteiger partial charge is 0.133 e. The van der Waals surface area contributed by atoms with E-state index in [2.05, 4.69) is 30.2 Å². The number of hydrogen-bond acceptors (Lipinski definition) is 6. The van der Waals surface area contributed by atoms with Gasteiger partial charge in [-0.3, -0.25) is 9.78 Å². The number of nitrogens with zero attached hydrogens (tertiary/aromatic N) is 6. The second kappa shape index (κ2) is 6.88. The van der Waals surface area contributed by atoms with Gasteiger partial charge in [-0.2, -0.15) is 10.2 Å². The second-order valence-corrected chi connectivity index (χ2v) is 8.14. The molecule has 8 nitrogen and oxygen atoms in total. The Morgan fingerprint density at radius 3 is 2.87 bits per heavy atom.